The first-order valence-corrected chi connectivity index (χ1v) is 10.4. The van der Waals surface area contributed by atoms with Crippen LogP contribution >= 0.6 is 15.9 Å². The minimum Gasteiger partial charge on any atom is -0.490 e. The van der Waals surface area contributed by atoms with Crippen LogP contribution in [0.15, 0.2) is 41.1 Å². The molecule has 0 aliphatic carbocycles. The fourth-order valence-electron chi connectivity index (χ4n) is 3.12. The van der Waals surface area contributed by atoms with E-state index in [4.69, 9.17) is 9.84 Å². The minimum atomic E-state index is -1.11. The molecule has 0 saturated heterocycles. The zero-order valence-corrected chi connectivity index (χ0v) is 18.5. The fraction of sp³-hybridized carbons (Fsp3) is 0.227. The number of halogens is 4. The number of rotatable bonds is 9. The van der Waals surface area contributed by atoms with Gasteiger partial charge >= 0.3 is 5.97 Å². The van der Waals surface area contributed by atoms with Crippen LogP contribution in [0.2, 0.25) is 0 Å². The highest BCUT2D eigenvalue weighted by Crippen LogP contribution is 2.32. The van der Waals surface area contributed by atoms with E-state index in [1.807, 2.05) is 0 Å². The average Bonchev–Trinajstić information content (AvgIpc) is 2.72. The lowest BCUT2D eigenvalue weighted by Crippen LogP contribution is -2.09. The number of nitrogens with one attached hydrogen (secondary N) is 1. The van der Waals surface area contributed by atoms with Gasteiger partial charge in [-0.1, -0.05) is 22.0 Å². The smallest absolute Gasteiger partial charge is 0.307 e. The lowest BCUT2D eigenvalue weighted by atomic mass is 10.0. The quantitative estimate of drug-likeness (QED) is 0.422. The standard InChI is InChI=1S/C22H19BrF3N3O3/c1-2-32-22-12(7-20(30)31)3-4-15(21(22)26)18-10-19(29-11-28-18)27-6-5-14-16(24)8-13(23)9-17(14)25/h3-4,8-11H,2,5-7H2,1H3,(H,30,31)(H,27,28,29). The van der Waals surface area contributed by atoms with Crippen molar-refractivity contribution in [2.75, 3.05) is 18.5 Å². The van der Waals surface area contributed by atoms with Crippen molar-refractivity contribution in [1.29, 1.82) is 0 Å². The van der Waals surface area contributed by atoms with Crippen molar-refractivity contribution in [3.05, 3.63) is 69.7 Å². The van der Waals surface area contributed by atoms with Crippen LogP contribution in [0, 0.1) is 17.5 Å². The molecule has 0 spiro atoms. The van der Waals surface area contributed by atoms with Crippen LogP contribution < -0.4 is 10.1 Å². The zero-order valence-electron chi connectivity index (χ0n) is 17.0. The van der Waals surface area contributed by atoms with E-state index < -0.39 is 23.4 Å². The third-order valence-electron chi connectivity index (χ3n) is 4.54. The highest BCUT2D eigenvalue weighted by molar-refractivity contribution is 9.10. The Balaban J connectivity index is 1.80. The van der Waals surface area contributed by atoms with Crippen molar-refractivity contribution >= 4 is 27.7 Å². The molecule has 0 fully saturated rings. The van der Waals surface area contributed by atoms with Gasteiger partial charge in [-0.15, -0.1) is 0 Å². The lowest BCUT2D eigenvalue weighted by molar-refractivity contribution is -0.136. The predicted molar refractivity (Wildman–Crippen MR) is 116 cm³/mol. The number of hydrogen-bond acceptors (Lipinski definition) is 5. The summed E-state index contributed by atoms with van der Waals surface area (Å²) in [6, 6.07) is 6.77. The molecule has 2 aromatic carbocycles. The molecule has 2 N–H and O–H groups in total. The normalized spacial score (nSPS) is 10.8. The Morgan fingerprint density at radius 2 is 1.88 bits per heavy atom. The largest absolute Gasteiger partial charge is 0.490 e. The third-order valence-corrected chi connectivity index (χ3v) is 5.00. The number of nitrogens with zero attached hydrogens (tertiary/aromatic N) is 2. The first kappa shape index (κ1) is 23.5. The van der Waals surface area contributed by atoms with Gasteiger partial charge in [-0.2, -0.15) is 0 Å². The monoisotopic (exact) mass is 509 g/mol. The van der Waals surface area contributed by atoms with Crippen LogP contribution in [-0.4, -0.2) is 34.2 Å². The number of hydrogen-bond donors (Lipinski definition) is 2. The van der Waals surface area contributed by atoms with Crippen molar-refractivity contribution in [1.82, 2.24) is 9.97 Å². The van der Waals surface area contributed by atoms with E-state index in [1.165, 1.54) is 36.7 Å². The molecule has 0 radical (unpaired) electrons. The maximum absolute atomic E-state index is 15.1. The first-order valence-electron chi connectivity index (χ1n) is 9.65. The number of ether oxygens (including phenoxy) is 1. The molecule has 0 saturated carbocycles. The van der Waals surface area contributed by atoms with E-state index in [0.29, 0.717) is 10.3 Å². The summed E-state index contributed by atoms with van der Waals surface area (Å²) in [6.45, 7) is 2.00. The van der Waals surface area contributed by atoms with Crippen LogP contribution in [0.1, 0.15) is 18.1 Å². The van der Waals surface area contributed by atoms with Crippen LogP contribution in [0.25, 0.3) is 11.3 Å². The first-order chi connectivity index (χ1) is 15.3. The summed E-state index contributed by atoms with van der Waals surface area (Å²) in [5.41, 5.74) is 0.504. The Bertz CT molecular complexity index is 1120. The highest BCUT2D eigenvalue weighted by Gasteiger charge is 2.19. The summed E-state index contributed by atoms with van der Waals surface area (Å²) in [6.07, 6.45) is 0.909. The summed E-state index contributed by atoms with van der Waals surface area (Å²) in [4.78, 5) is 19.2. The van der Waals surface area contributed by atoms with Gasteiger partial charge in [-0.05, 0) is 31.5 Å². The number of benzene rings is 2. The molecule has 1 aromatic heterocycles. The summed E-state index contributed by atoms with van der Waals surface area (Å²) >= 11 is 3.04. The van der Waals surface area contributed by atoms with Gasteiger partial charge in [0.1, 0.15) is 23.8 Å². The Morgan fingerprint density at radius 1 is 1.16 bits per heavy atom. The Labute approximate surface area is 190 Å². The molecule has 0 aliphatic heterocycles. The number of carboxylic acids is 1. The van der Waals surface area contributed by atoms with E-state index in [-0.39, 0.29) is 54.1 Å². The fourth-order valence-corrected chi connectivity index (χ4v) is 3.53. The van der Waals surface area contributed by atoms with E-state index >= 15 is 4.39 Å². The molecular formula is C22H19BrF3N3O3. The molecule has 0 aliphatic rings. The molecule has 6 nitrogen and oxygen atoms in total. The van der Waals surface area contributed by atoms with Crippen molar-refractivity contribution in [3.63, 3.8) is 0 Å². The number of aromatic nitrogens is 2. The Morgan fingerprint density at radius 3 is 2.53 bits per heavy atom. The van der Waals surface area contributed by atoms with Crippen LogP contribution in [0.4, 0.5) is 19.0 Å². The molecule has 10 heteroatoms. The van der Waals surface area contributed by atoms with Gasteiger partial charge in [0.15, 0.2) is 11.6 Å². The molecule has 1 heterocycles. The molecular weight excluding hydrogens is 491 g/mol. The minimum absolute atomic E-state index is 0.0589. The highest BCUT2D eigenvalue weighted by atomic mass is 79.9. The van der Waals surface area contributed by atoms with Gasteiger partial charge in [0.2, 0.25) is 0 Å². The van der Waals surface area contributed by atoms with Crippen molar-refractivity contribution in [2.24, 2.45) is 0 Å². The number of aliphatic carboxylic acids is 1. The molecule has 3 aromatic rings. The molecule has 0 atom stereocenters. The maximum atomic E-state index is 15.1. The van der Waals surface area contributed by atoms with Crippen molar-refractivity contribution in [2.45, 2.75) is 19.8 Å². The number of carboxylic acid groups (broad SMARTS) is 1. The van der Waals surface area contributed by atoms with Gasteiger partial charge < -0.3 is 15.2 Å². The molecule has 0 bridgehead atoms. The second-order valence-electron chi connectivity index (χ2n) is 6.73. The molecule has 0 amide bonds. The predicted octanol–water partition coefficient (Wildman–Crippen LogP) is 5.00. The van der Waals surface area contributed by atoms with Gasteiger partial charge in [-0.3, -0.25) is 4.79 Å². The van der Waals surface area contributed by atoms with E-state index in [9.17, 15) is 13.6 Å². The van der Waals surface area contributed by atoms with Crippen LogP contribution in [-0.2, 0) is 17.6 Å². The second-order valence-corrected chi connectivity index (χ2v) is 7.65. The topological polar surface area (TPSA) is 84.3 Å². The third kappa shape index (κ3) is 5.56. The maximum Gasteiger partial charge on any atom is 0.307 e. The van der Waals surface area contributed by atoms with Gasteiger partial charge in [0, 0.05) is 33.8 Å². The van der Waals surface area contributed by atoms with Gasteiger partial charge in [0.25, 0.3) is 0 Å². The second kappa shape index (κ2) is 10.4. The van der Waals surface area contributed by atoms with Gasteiger partial charge in [0.05, 0.1) is 18.7 Å². The summed E-state index contributed by atoms with van der Waals surface area (Å²) in [7, 11) is 0. The van der Waals surface area contributed by atoms with Crippen LogP contribution in [0.3, 0.4) is 0 Å². The summed E-state index contributed by atoms with van der Waals surface area (Å²) in [5.74, 6) is -2.95. The van der Waals surface area contributed by atoms with E-state index in [2.05, 4.69) is 31.2 Å². The lowest BCUT2D eigenvalue weighted by Gasteiger charge is -2.13. The zero-order chi connectivity index (χ0) is 23.3. The Hall–Kier alpha value is -3.14. The summed E-state index contributed by atoms with van der Waals surface area (Å²) < 4.78 is 48.7. The van der Waals surface area contributed by atoms with Gasteiger partial charge in [-0.25, -0.2) is 23.1 Å². The number of carbonyl (C=O) groups is 1. The van der Waals surface area contributed by atoms with Crippen molar-refractivity contribution in [3.8, 4) is 17.0 Å². The van der Waals surface area contributed by atoms with E-state index in [0.717, 1.165) is 0 Å². The molecule has 0 unspecified atom stereocenters. The molecule has 3 rings (SSSR count). The SMILES string of the molecule is CCOc1c(CC(=O)O)ccc(-c2cc(NCCc3c(F)cc(Br)cc3F)ncn2)c1F. The van der Waals surface area contributed by atoms with E-state index in [1.54, 1.807) is 6.92 Å². The van der Waals surface area contributed by atoms with Crippen LogP contribution in [0.5, 0.6) is 5.75 Å². The van der Waals surface area contributed by atoms with Crippen molar-refractivity contribution < 1.29 is 27.8 Å². The number of anilines is 1. The Kier molecular flexibility index (Phi) is 7.68. The molecule has 168 valence electrons. The summed E-state index contributed by atoms with van der Waals surface area (Å²) in [5, 5.41) is 12.0. The molecule has 32 heavy (non-hydrogen) atoms. The average molecular weight is 510 g/mol.